The largest absolute Gasteiger partial charge is 0.303 e. The lowest BCUT2D eigenvalue weighted by Gasteiger charge is -2.33. The number of thiazole rings is 1. The van der Waals surface area contributed by atoms with Crippen LogP contribution in [0, 0.1) is 5.92 Å². The monoisotopic (exact) mass is 240 g/mol. The summed E-state index contributed by atoms with van der Waals surface area (Å²) < 4.78 is 0. The number of hydrogen-bond acceptors (Lipinski definition) is 3. The van der Waals surface area contributed by atoms with Crippen molar-refractivity contribution in [1.29, 1.82) is 0 Å². The zero-order valence-electron chi connectivity index (χ0n) is 11.1. The third kappa shape index (κ3) is 3.05. The predicted molar refractivity (Wildman–Crippen MR) is 71.8 cm³/mol. The molecule has 0 saturated heterocycles. The van der Waals surface area contributed by atoms with Crippen molar-refractivity contribution >= 4 is 11.3 Å². The minimum atomic E-state index is 0.0248. The SMILES string of the molecule is CCC(C)C(C)NC(C)(CC)c1nccs1. The maximum Gasteiger partial charge on any atom is 0.112 e. The van der Waals surface area contributed by atoms with Crippen molar-refractivity contribution in [3.8, 4) is 0 Å². The summed E-state index contributed by atoms with van der Waals surface area (Å²) in [5.74, 6) is 0.700. The van der Waals surface area contributed by atoms with E-state index in [0.717, 1.165) is 6.42 Å². The van der Waals surface area contributed by atoms with Gasteiger partial charge in [-0.25, -0.2) is 4.98 Å². The molecular formula is C13H24N2S. The smallest absolute Gasteiger partial charge is 0.112 e. The van der Waals surface area contributed by atoms with Crippen LogP contribution in [0.4, 0.5) is 0 Å². The Morgan fingerprint density at radius 3 is 2.56 bits per heavy atom. The Hall–Kier alpha value is -0.410. The summed E-state index contributed by atoms with van der Waals surface area (Å²) in [4.78, 5) is 4.45. The van der Waals surface area contributed by atoms with Gasteiger partial charge in [-0.15, -0.1) is 11.3 Å². The second-order valence-corrected chi connectivity index (χ2v) is 5.74. The summed E-state index contributed by atoms with van der Waals surface area (Å²) in [5.41, 5.74) is 0.0248. The lowest BCUT2D eigenvalue weighted by molar-refractivity contribution is 0.263. The predicted octanol–water partition coefficient (Wildman–Crippen LogP) is 3.79. The molecule has 0 aliphatic carbocycles. The van der Waals surface area contributed by atoms with Gasteiger partial charge in [0.1, 0.15) is 5.01 Å². The highest BCUT2D eigenvalue weighted by Gasteiger charge is 2.29. The van der Waals surface area contributed by atoms with E-state index in [9.17, 15) is 0 Å². The quantitative estimate of drug-likeness (QED) is 0.818. The van der Waals surface area contributed by atoms with E-state index in [2.05, 4.69) is 50.3 Å². The van der Waals surface area contributed by atoms with E-state index in [1.54, 1.807) is 11.3 Å². The van der Waals surface area contributed by atoms with Crippen molar-refractivity contribution in [3.63, 3.8) is 0 Å². The first kappa shape index (κ1) is 13.7. The summed E-state index contributed by atoms with van der Waals surface area (Å²) in [6.07, 6.45) is 4.18. The number of rotatable bonds is 6. The standard InChI is InChI=1S/C13H24N2S/c1-6-10(3)11(4)15-13(5,7-2)12-14-8-9-16-12/h8-11,15H,6-7H2,1-5H3. The fraction of sp³-hybridized carbons (Fsp3) is 0.769. The van der Waals surface area contributed by atoms with E-state index in [4.69, 9.17) is 0 Å². The third-order valence-electron chi connectivity index (χ3n) is 3.66. The van der Waals surface area contributed by atoms with Gasteiger partial charge in [-0.2, -0.15) is 0 Å². The minimum Gasteiger partial charge on any atom is -0.303 e. The third-order valence-corrected chi connectivity index (χ3v) is 4.69. The first-order chi connectivity index (χ1) is 7.53. The summed E-state index contributed by atoms with van der Waals surface area (Å²) in [6.45, 7) is 11.3. The zero-order chi connectivity index (χ0) is 12.2. The van der Waals surface area contributed by atoms with Crippen molar-refractivity contribution < 1.29 is 0 Å². The van der Waals surface area contributed by atoms with E-state index in [1.807, 2.05) is 6.20 Å². The van der Waals surface area contributed by atoms with Gasteiger partial charge < -0.3 is 5.32 Å². The molecule has 0 saturated carbocycles. The molecule has 0 fully saturated rings. The minimum absolute atomic E-state index is 0.0248. The summed E-state index contributed by atoms with van der Waals surface area (Å²) in [5, 5.41) is 7.00. The maximum atomic E-state index is 4.45. The molecule has 3 atom stereocenters. The fourth-order valence-electron chi connectivity index (χ4n) is 1.81. The Morgan fingerprint density at radius 1 is 1.44 bits per heavy atom. The number of nitrogens with zero attached hydrogens (tertiary/aromatic N) is 1. The van der Waals surface area contributed by atoms with Crippen LogP contribution in [0.15, 0.2) is 11.6 Å². The Morgan fingerprint density at radius 2 is 2.12 bits per heavy atom. The molecule has 1 aromatic rings. The molecule has 0 radical (unpaired) electrons. The van der Waals surface area contributed by atoms with Gasteiger partial charge in [0.05, 0.1) is 5.54 Å². The topological polar surface area (TPSA) is 24.9 Å². The Bertz CT molecular complexity index is 297. The molecule has 1 heterocycles. The zero-order valence-corrected chi connectivity index (χ0v) is 11.9. The molecule has 16 heavy (non-hydrogen) atoms. The second-order valence-electron chi connectivity index (χ2n) is 4.84. The Labute approximate surface area is 103 Å². The molecule has 0 aliphatic rings. The molecule has 0 aromatic carbocycles. The Kier molecular flexibility index (Phi) is 4.93. The van der Waals surface area contributed by atoms with Crippen LogP contribution in [0.25, 0.3) is 0 Å². The van der Waals surface area contributed by atoms with Crippen molar-refractivity contribution in [1.82, 2.24) is 10.3 Å². The highest BCUT2D eigenvalue weighted by molar-refractivity contribution is 7.09. The highest BCUT2D eigenvalue weighted by Crippen LogP contribution is 2.28. The molecule has 1 N–H and O–H groups in total. The van der Waals surface area contributed by atoms with Gasteiger partial charge in [0.25, 0.3) is 0 Å². The van der Waals surface area contributed by atoms with Crippen LogP contribution in [0.3, 0.4) is 0 Å². The van der Waals surface area contributed by atoms with Gasteiger partial charge in [0, 0.05) is 17.6 Å². The van der Waals surface area contributed by atoms with Gasteiger partial charge in [-0.1, -0.05) is 27.2 Å². The summed E-state index contributed by atoms with van der Waals surface area (Å²) >= 11 is 1.74. The molecule has 0 aliphatic heterocycles. The van der Waals surface area contributed by atoms with Gasteiger partial charge in [0.2, 0.25) is 0 Å². The van der Waals surface area contributed by atoms with Crippen LogP contribution in [0.1, 0.15) is 52.5 Å². The molecular weight excluding hydrogens is 216 g/mol. The van der Waals surface area contributed by atoms with E-state index < -0.39 is 0 Å². The average Bonchev–Trinajstić information content (AvgIpc) is 2.81. The first-order valence-electron chi connectivity index (χ1n) is 6.21. The maximum absolute atomic E-state index is 4.45. The molecule has 2 nitrogen and oxygen atoms in total. The van der Waals surface area contributed by atoms with E-state index in [1.165, 1.54) is 11.4 Å². The van der Waals surface area contributed by atoms with Gasteiger partial charge in [-0.3, -0.25) is 0 Å². The van der Waals surface area contributed by atoms with Crippen molar-refractivity contribution in [2.75, 3.05) is 0 Å². The molecule has 92 valence electrons. The van der Waals surface area contributed by atoms with Crippen LogP contribution in [0.5, 0.6) is 0 Å². The van der Waals surface area contributed by atoms with Crippen LogP contribution < -0.4 is 5.32 Å². The fourth-order valence-corrected chi connectivity index (χ4v) is 2.64. The molecule has 0 spiro atoms. The highest BCUT2D eigenvalue weighted by atomic mass is 32.1. The van der Waals surface area contributed by atoms with E-state index >= 15 is 0 Å². The van der Waals surface area contributed by atoms with Crippen molar-refractivity contribution in [3.05, 3.63) is 16.6 Å². The van der Waals surface area contributed by atoms with Crippen molar-refractivity contribution in [2.45, 2.75) is 59.0 Å². The summed E-state index contributed by atoms with van der Waals surface area (Å²) in [7, 11) is 0. The van der Waals surface area contributed by atoms with Crippen molar-refractivity contribution in [2.24, 2.45) is 5.92 Å². The lowest BCUT2D eigenvalue weighted by Crippen LogP contribution is -2.46. The molecule has 1 rings (SSSR count). The Balaban J connectivity index is 2.75. The van der Waals surface area contributed by atoms with Crippen LogP contribution in [-0.2, 0) is 5.54 Å². The first-order valence-corrected chi connectivity index (χ1v) is 7.09. The molecule has 0 bridgehead atoms. The van der Waals surface area contributed by atoms with Gasteiger partial charge in [-0.05, 0) is 26.2 Å². The summed E-state index contributed by atoms with van der Waals surface area (Å²) in [6, 6.07) is 0.527. The van der Waals surface area contributed by atoms with Crippen LogP contribution in [0.2, 0.25) is 0 Å². The van der Waals surface area contributed by atoms with Gasteiger partial charge in [0.15, 0.2) is 0 Å². The van der Waals surface area contributed by atoms with E-state index in [-0.39, 0.29) is 5.54 Å². The lowest BCUT2D eigenvalue weighted by atomic mass is 9.93. The number of nitrogens with one attached hydrogen (secondary N) is 1. The normalized spacial score (nSPS) is 19.1. The molecule has 1 aromatic heterocycles. The van der Waals surface area contributed by atoms with Gasteiger partial charge >= 0.3 is 0 Å². The average molecular weight is 240 g/mol. The van der Waals surface area contributed by atoms with E-state index in [0.29, 0.717) is 12.0 Å². The number of aromatic nitrogens is 1. The molecule has 3 unspecified atom stereocenters. The molecule has 0 amide bonds. The van der Waals surface area contributed by atoms with Crippen LogP contribution in [-0.4, -0.2) is 11.0 Å². The second kappa shape index (κ2) is 5.78. The molecule has 3 heteroatoms. The van der Waals surface area contributed by atoms with Crippen LogP contribution >= 0.6 is 11.3 Å². The number of hydrogen-bond donors (Lipinski definition) is 1.